The van der Waals surface area contributed by atoms with Crippen LogP contribution in [0.1, 0.15) is 179 Å². The van der Waals surface area contributed by atoms with Gasteiger partial charge >= 0.3 is 5.97 Å². The highest BCUT2D eigenvalue weighted by Gasteiger charge is 2.76. The highest BCUT2D eigenvalue weighted by Crippen LogP contribution is 2.67. The number of aliphatic hydroxyl groups is 1. The second-order valence-electron chi connectivity index (χ2n) is 20.2. The van der Waals surface area contributed by atoms with E-state index in [2.05, 4.69) is 161 Å². The van der Waals surface area contributed by atoms with Gasteiger partial charge in [0.2, 0.25) is 0 Å². The molecule has 0 bridgehead atoms. The number of carbonyl (C=O) groups is 1. The molecule has 59 heavy (non-hydrogen) atoms. The van der Waals surface area contributed by atoms with Crippen molar-refractivity contribution >= 4 is 5.97 Å². The molecular weight excluding hydrogens is 729 g/mol. The number of ether oxygens (including phenoxy) is 3. The first-order chi connectivity index (χ1) is 27.8. The Hall–Kier alpha value is -2.99. The maximum atomic E-state index is 12.8. The van der Waals surface area contributed by atoms with Gasteiger partial charge in [-0.25, -0.2) is 0 Å². The van der Waals surface area contributed by atoms with Crippen LogP contribution in [-0.4, -0.2) is 45.7 Å². The molecule has 2 aliphatic carbocycles. The second kappa shape index (κ2) is 21.2. The van der Waals surface area contributed by atoms with E-state index in [1.54, 1.807) is 0 Å². The van der Waals surface area contributed by atoms with Gasteiger partial charge in [-0.15, -0.1) is 0 Å². The fourth-order valence-electron chi connectivity index (χ4n) is 10.2. The number of hydrogen-bond donors (Lipinski definition) is 1. The molecule has 5 nitrogen and oxygen atoms in total. The van der Waals surface area contributed by atoms with Crippen molar-refractivity contribution in [2.45, 2.75) is 214 Å². The Morgan fingerprint density at radius 3 is 1.42 bits per heavy atom. The Morgan fingerprint density at radius 2 is 0.966 bits per heavy atom. The molecule has 0 aromatic carbocycles. The molecule has 6 atom stereocenters. The van der Waals surface area contributed by atoms with Crippen molar-refractivity contribution < 1.29 is 24.1 Å². The molecule has 4 aliphatic rings. The number of esters is 1. The maximum absolute atomic E-state index is 12.8. The first-order valence-electron chi connectivity index (χ1n) is 23.2. The van der Waals surface area contributed by atoms with E-state index >= 15 is 0 Å². The van der Waals surface area contributed by atoms with Crippen LogP contribution in [0, 0.1) is 10.8 Å². The predicted molar refractivity (Wildman–Crippen MR) is 248 cm³/mol. The lowest BCUT2D eigenvalue weighted by atomic mass is 9.63. The topological polar surface area (TPSA) is 71.6 Å². The minimum Gasteiger partial charge on any atom is -0.462 e. The van der Waals surface area contributed by atoms with Crippen LogP contribution in [0.5, 0.6) is 0 Å². The van der Waals surface area contributed by atoms with Gasteiger partial charge in [0.05, 0.1) is 6.10 Å². The number of carbonyl (C=O) groups excluding carboxylic acids is 1. The van der Waals surface area contributed by atoms with E-state index in [4.69, 9.17) is 14.2 Å². The number of hydrogen-bond acceptors (Lipinski definition) is 5. The van der Waals surface area contributed by atoms with E-state index in [-0.39, 0.29) is 51.4 Å². The minimum absolute atomic E-state index is 0.0503. The Balaban J connectivity index is 1.16. The number of epoxide rings is 2. The first kappa shape index (κ1) is 48.7. The van der Waals surface area contributed by atoms with Gasteiger partial charge in [-0.2, -0.15) is 0 Å². The van der Waals surface area contributed by atoms with E-state index in [9.17, 15) is 9.90 Å². The van der Waals surface area contributed by atoms with Gasteiger partial charge in [0.1, 0.15) is 28.5 Å². The normalized spacial score (nSPS) is 32.1. The zero-order valence-electron chi connectivity index (χ0n) is 39.1. The van der Waals surface area contributed by atoms with Crippen LogP contribution in [-0.2, 0) is 19.0 Å². The lowest BCUT2D eigenvalue weighted by molar-refractivity contribution is -0.152. The molecule has 1 N–H and O–H groups in total. The summed E-state index contributed by atoms with van der Waals surface area (Å²) >= 11 is 0. The molecule has 2 heterocycles. The summed E-state index contributed by atoms with van der Waals surface area (Å²) in [4.78, 5) is 12.8. The van der Waals surface area contributed by atoms with Gasteiger partial charge in [0.25, 0.3) is 0 Å². The molecule has 328 valence electrons. The van der Waals surface area contributed by atoms with E-state index in [1.807, 2.05) is 0 Å². The summed E-state index contributed by atoms with van der Waals surface area (Å²) < 4.78 is 18.8. The second-order valence-corrected chi connectivity index (χ2v) is 20.2. The van der Waals surface area contributed by atoms with Crippen molar-refractivity contribution in [3.63, 3.8) is 0 Å². The Labute approximate surface area is 360 Å². The third kappa shape index (κ3) is 13.0. The van der Waals surface area contributed by atoms with Crippen LogP contribution < -0.4 is 0 Å². The van der Waals surface area contributed by atoms with Crippen molar-refractivity contribution in [2.24, 2.45) is 10.8 Å². The van der Waals surface area contributed by atoms with Crippen LogP contribution in [0.3, 0.4) is 0 Å². The van der Waals surface area contributed by atoms with E-state index in [0.717, 1.165) is 37.7 Å². The summed E-state index contributed by atoms with van der Waals surface area (Å²) in [5.74, 6) is -0.0503. The average molecular weight is 811 g/mol. The molecule has 0 amide bonds. The predicted octanol–water partition coefficient (Wildman–Crippen LogP) is 14.2. The molecule has 4 fully saturated rings. The lowest BCUT2D eigenvalue weighted by Crippen LogP contribution is -2.47. The molecule has 0 spiro atoms. The molecule has 0 aromatic heterocycles. The van der Waals surface area contributed by atoms with Gasteiger partial charge in [-0.05, 0) is 73.0 Å². The van der Waals surface area contributed by atoms with Gasteiger partial charge in [-0.3, -0.25) is 4.79 Å². The molecule has 2 saturated carbocycles. The van der Waals surface area contributed by atoms with E-state index < -0.39 is 0 Å². The van der Waals surface area contributed by atoms with Crippen molar-refractivity contribution in [1.82, 2.24) is 0 Å². The largest absolute Gasteiger partial charge is 0.462 e. The van der Waals surface area contributed by atoms with Crippen molar-refractivity contribution in [3.8, 4) is 0 Å². The van der Waals surface area contributed by atoms with E-state index in [1.165, 1.54) is 74.5 Å². The summed E-state index contributed by atoms with van der Waals surface area (Å²) in [7, 11) is 0. The van der Waals surface area contributed by atoms with Gasteiger partial charge in [0, 0.05) is 30.1 Å². The lowest BCUT2D eigenvalue weighted by Gasteiger charge is -2.40. The van der Waals surface area contributed by atoms with Crippen LogP contribution in [0.2, 0.25) is 0 Å². The van der Waals surface area contributed by atoms with Gasteiger partial charge in [-0.1, -0.05) is 194 Å². The summed E-state index contributed by atoms with van der Waals surface area (Å²) in [5, 5.41) is 10.3. The Bertz CT molecular complexity index is 1690. The van der Waals surface area contributed by atoms with Crippen LogP contribution >= 0.6 is 0 Å². The van der Waals surface area contributed by atoms with Crippen molar-refractivity contribution in [2.75, 3.05) is 0 Å². The molecule has 2 saturated heterocycles. The fourth-order valence-corrected chi connectivity index (χ4v) is 10.2. The smallest absolute Gasteiger partial charge is 0.306 e. The summed E-state index contributed by atoms with van der Waals surface area (Å²) in [6.45, 7) is 23.9. The summed E-state index contributed by atoms with van der Waals surface area (Å²) in [5.41, 5.74) is 3.16. The minimum atomic E-state index is -0.350. The summed E-state index contributed by atoms with van der Waals surface area (Å²) in [6.07, 6.45) is 47.0. The number of fused-ring (bicyclic) bond motifs is 2. The molecule has 0 unspecified atom stereocenters. The fraction of sp³-hybridized carbons (Fsp3) is 0.648. The Morgan fingerprint density at radius 1 is 0.559 bits per heavy atom. The summed E-state index contributed by atoms with van der Waals surface area (Å²) in [6, 6.07) is 0. The highest BCUT2D eigenvalue weighted by atomic mass is 16.6. The number of aliphatic hydroxyl groups excluding tert-OH is 1. The van der Waals surface area contributed by atoms with E-state index in [0.29, 0.717) is 12.8 Å². The number of unbranched alkanes of at least 4 members (excludes halogenated alkanes) is 10. The standard InChI is InChI=1S/C54H82O5/c1-12-13-14-15-16-17-18-19-20-21-22-33-48(56)57-47-40-50(8,9)54(52(11,41-47)59-54)37-35-45(5)32-26-30-43(3)28-24-23-27-42(2)29-25-31-44(4)34-36-53-49(6,7)38-46(55)39-51(53,10)58-53/h23-32,34-37,46-47,55H,12-22,33,38-41H2,1-11H3/b24-23+,29-25+,30-26+,36-34+,37-35+,42-27+,43-28+,44-31+,45-32+/t46-,47-,51+,52+,53-,54-/m0/s1. The van der Waals surface area contributed by atoms with Crippen LogP contribution in [0.4, 0.5) is 0 Å². The third-order valence-electron chi connectivity index (χ3n) is 13.7. The molecule has 0 aromatic rings. The van der Waals surface area contributed by atoms with Crippen molar-refractivity contribution in [3.05, 3.63) is 107 Å². The molecule has 5 heteroatoms. The number of allylic oxidation sites excluding steroid dienone is 16. The SMILES string of the molecule is CCCCCCCCCCCCCC(=O)O[C@H]1CC(C)(C)[C@]2(/C=C/C(C)=C/C=C/C(C)=C/C=C/C=C(C)/C=C/C=C(C)/C=C/[C@@]34O[C@]3(C)C[C@@H](O)CC4(C)C)O[C@]2(C)C1. The Kier molecular flexibility index (Phi) is 17.5. The quantitative estimate of drug-likeness (QED) is 0.0482. The van der Waals surface area contributed by atoms with Gasteiger partial charge < -0.3 is 19.3 Å². The number of rotatable bonds is 23. The van der Waals surface area contributed by atoms with Crippen LogP contribution in [0.25, 0.3) is 0 Å². The van der Waals surface area contributed by atoms with Crippen LogP contribution in [0.15, 0.2) is 107 Å². The van der Waals surface area contributed by atoms with Crippen molar-refractivity contribution in [1.29, 1.82) is 0 Å². The highest BCUT2D eigenvalue weighted by molar-refractivity contribution is 5.69. The zero-order valence-corrected chi connectivity index (χ0v) is 39.1. The monoisotopic (exact) mass is 811 g/mol. The first-order valence-corrected chi connectivity index (χ1v) is 23.2. The maximum Gasteiger partial charge on any atom is 0.306 e. The molecular formula is C54H82O5. The molecule has 0 radical (unpaired) electrons. The molecule has 4 rings (SSSR count). The zero-order chi connectivity index (χ0) is 43.4. The third-order valence-corrected chi connectivity index (χ3v) is 13.7. The average Bonchev–Trinajstić information content (AvgIpc) is 3.99. The van der Waals surface area contributed by atoms with Gasteiger partial charge in [0.15, 0.2) is 0 Å². The molecule has 2 aliphatic heterocycles.